The van der Waals surface area contributed by atoms with Gasteiger partial charge in [0.1, 0.15) is 40.6 Å². The minimum Gasteiger partial charge on any atom is -0.497 e. The first-order valence-corrected chi connectivity index (χ1v) is 13.0. The second kappa shape index (κ2) is 10.8. The predicted molar refractivity (Wildman–Crippen MR) is 155 cm³/mol. The first-order valence-electron chi connectivity index (χ1n) is 13.0. The normalized spacial score (nSPS) is 12.0. The molecule has 6 aromatic rings. The van der Waals surface area contributed by atoms with Crippen molar-refractivity contribution in [3.8, 4) is 17.0 Å². The molecular weight excluding hydrogens is 524 g/mol. The van der Waals surface area contributed by atoms with E-state index in [4.69, 9.17) is 9.72 Å². The zero-order chi connectivity index (χ0) is 28.5. The summed E-state index contributed by atoms with van der Waals surface area (Å²) in [5, 5.41) is 4.43. The van der Waals surface area contributed by atoms with Gasteiger partial charge in [-0.05, 0) is 55.0 Å². The summed E-state index contributed by atoms with van der Waals surface area (Å²) in [6.45, 7) is 2.39. The van der Waals surface area contributed by atoms with Crippen LogP contribution in [0.4, 0.5) is 14.6 Å². The molecular formula is C32H25F2N5O2. The number of hydrogen-bond acceptors (Lipinski definition) is 6. The number of methoxy groups -OCH3 is 1. The zero-order valence-electron chi connectivity index (χ0n) is 22.3. The average Bonchev–Trinajstić information content (AvgIpc) is 2.98. The molecule has 0 aliphatic heterocycles. The molecule has 41 heavy (non-hydrogen) atoms. The molecule has 204 valence electrons. The molecule has 0 aliphatic rings. The van der Waals surface area contributed by atoms with Crippen molar-refractivity contribution in [1.29, 1.82) is 0 Å². The lowest BCUT2D eigenvalue weighted by Crippen LogP contribution is -2.16. The summed E-state index contributed by atoms with van der Waals surface area (Å²) in [6, 6.07) is 21.1. The van der Waals surface area contributed by atoms with E-state index in [1.54, 1.807) is 31.5 Å². The SMILES string of the molecule is COc1ccc(Cn2ccc(=O)c3c(NC(C)c4cc5ccc(F)cc5nc4-c4cccc(F)c4)ncnc32)cc1. The maximum Gasteiger partial charge on any atom is 0.194 e. The fraction of sp³-hybridized carbons (Fsp3) is 0.125. The van der Waals surface area contributed by atoms with Crippen LogP contribution in [0.15, 0.2) is 96.2 Å². The largest absolute Gasteiger partial charge is 0.497 e. The Hall–Kier alpha value is -5.18. The van der Waals surface area contributed by atoms with E-state index >= 15 is 0 Å². The van der Waals surface area contributed by atoms with Gasteiger partial charge in [0.15, 0.2) is 5.43 Å². The van der Waals surface area contributed by atoms with E-state index in [9.17, 15) is 13.6 Å². The van der Waals surface area contributed by atoms with Crippen molar-refractivity contribution in [2.45, 2.75) is 19.5 Å². The minimum atomic E-state index is -0.414. The van der Waals surface area contributed by atoms with Crippen molar-refractivity contribution in [3.63, 3.8) is 0 Å². The summed E-state index contributed by atoms with van der Waals surface area (Å²) in [5.74, 6) is 0.301. The molecule has 3 heterocycles. The third-order valence-electron chi connectivity index (χ3n) is 6.99. The monoisotopic (exact) mass is 549 g/mol. The van der Waals surface area contributed by atoms with E-state index in [1.807, 2.05) is 41.8 Å². The molecule has 0 saturated carbocycles. The van der Waals surface area contributed by atoms with Crippen molar-refractivity contribution in [2.75, 3.05) is 12.4 Å². The lowest BCUT2D eigenvalue weighted by Gasteiger charge is -2.20. The Morgan fingerprint density at radius 3 is 2.54 bits per heavy atom. The third-order valence-corrected chi connectivity index (χ3v) is 6.99. The summed E-state index contributed by atoms with van der Waals surface area (Å²) >= 11 is 0. The molecule has 0 amide bonds. The van der Waals surface area contributed by atoms with E-state index in [0.717, 1.165) is 22.3 Å². The number of anilines is 1. The lowest BCUT2D eigenvalue weighted by molar-refractivity contribution is 0.414. The van der Waals surface area contributed by atoms with Gasteiger partial charge in [0.25, 0.3) is 0 Å². The van der Waals surface area contributed by atoms with Crippen LogP contribution < -0.4 is 15.5 Å². The number of nitrogens with zero attached hydrogens (tertiary/aromatic N) is 4. The Kier molecular flexibility index (Phi) is 6.84. The first kappa shape index (κ1) is 26.1. The van der Waals surface area contributed by atoms with Crippen LogP contribution in [-0.2, 0) is 6.54 Å². The lowest BCUT2D eigenvalue weighted by atomic mass is 9.98. The number of ether oxygens (including phenoxy) is 1. The summed E-state index contributed by atoms with van der Waals surface area (Å²) in [7, 11) is 1.62. The summed E-state index contributed by atoms with van der Waals surface area (Å²) in [4.78, 5) is 26.7. The molecule has 0 aliphatic carbocycles. The Balaban J connectivity index is 1.42. The highest BCUT2D eigenvalue weighted by Gasteiger charge is 2.19. The summed E-state index contributed by atoms with van der Waals surface area (Å²) in [5.41, 5.74) is 3.50. The van der Waals surface area contributed by atoms with Crippen LogP contribution in [0.5, 0.6) is 5.75 Å². The van der Waals surface area contributed by atoms with Crippen LogP contribution in [0.25, 0.3) is 33.2 Å². The minimum absolute atomic E-state index is 0.223. The van der Waals surface area contributed by atoms with Crippen molar-refractivity contribution in [1.82, 2.24) is 19.5 Å². The smallest absolute Gasteiger partial charge is 0.194 e. The molecule has 0 saturated heterocycles. The molecule has 3 aromatic heterocycles. The molecule has 9 heteroatoms. The van der Waals surface area contributed by atoms with Crippen LogP contribution in [0.1, 0.15) is 24.1 Å². The topological polar surface area (TPSA) is 81.9 Å². The van der Waals surface area contributed by atoms with Gasteiger partial charge in [0.05, 0.1) is 24.4 Å². The highest BCUT2D eigenvalue weighted by Crippen LogP contribution is 2.33. The number of hydrogen-bond donors (Lipinski definition) is 1. The maximum atomic E-state index is 14.2. The van der Waals surface area contributed by atoms with Gasteiger partial charge in [-0.25, -0.2) is 23.7 Å². The van der Waals surface area contributed by atoms with Crippen molar-refractivity contribution in [2.24, 2.45) is 0 Å². The van der Waals surface area contributed by atoms with Gasteiger partial charge in [-0.15, -0.1) is 0 Å². The Morgan fingerprint density at radius 2 is 1.76 bits per heavy atom. The predicted octanol–water partition coefficient (Wildman–Crippen LogP) is 6.51. The quantitative estimate of drug-likeness (QED) is 0.244. The summed E-state index contributed by atoms with van der Waals surface area (Å²) < 4.78 is 35.3. The fourth-order valence-corrected chi connectivity index (χ4v) is 4.93. The second-order valence-electron chi connectivity index (χ2n) is 9.72. The molecule has 1 atom stereocenters. The Labute approximate surface area is 234 Å². The number of fused-ring (bicyclic) bond motifs is 2. The number of rotatable bonds is 7. The molecule has 1 N–H and O–H groups in total. The van der Waals surface area contributed by atoms with Crippen molar-refractivity contribution < 1.29 is 13.5 Å². The molecule has 3 aromatic carbocycles. The molecule has 0 spiro atoms. The molecule has 0 bridgehead atoms. The van der Waals surface area contributed by atoms with E-state index < -0.39 is 17.7 Å². The van der Waals surface area contributed by atoms with Gasteiger partial charge in [0, 0.05) is 41.4 Å². The molecule has 7 nitrogen and oxygen atoms in total. The van der Waals surface area contributed by atoms with Crippen molar-refractivity contribution >= 4 is 27.8 Å². The molecule has 0 fully saturated rings. The van der Waals surface area contributed by atoms with Gasteiger partial charge in [-0.3, -0.25) is 4.79 Å². The number of benzene rings is 3. The van der Waals surface area contributed by atoms with Crippen LogP contribution in [0.3, 0.4) is 0 Å². The van der Waals surface area contributed by atoms with Crippen LogP contribution >= 0.6 is 0 Å². The fourth-order valence-electron chi connectivity index (χ4n) is 4.93. The molecule has 6 rings (SSSR count). The number of aromatic nitrogens is 4. The highest BCUT2D eigenvalue weighted by molar-refractivity contribution is 5.87. The average molecular weight is 550 g/mol. The maximum absolute atomic E-state index is 14.2. The summed E-state index contributed by atoms with van der Waals surface area (Å²) in [6.07, 6.45) is 3.12. The highest BCUT2D eigenvalue weighted by atomic mass is 19.1. The third kappa shape index (κ3) is 5.21. The van der Waals surface area contributed by atoms with Crippen molar-refractivity contribution in [3.05, 3.63) is 124 Å². The van der Waals surface area contributed by atoms with Crippen LogP contribution in [-0.4, -0.2) is 26.6 Å². The van der Waals surface area contributed by atoms with Crippen LogP contribution in [0, 0.1) is 11.6 Å². The van der Waals surface area contributed by atoms with Gasteiger partial charge in [0.2, 0.25) is 0 Å². The van der Waals surface area contributed by atoms with Gasteiger partial charge < -0.3 is 14.6 Å². The zero-order valence-corrected chi connectivity index (χ0v) is 22.3. The molecule has 1 unspecified atom stereocenters. The van der Waals surface area contributed by atoms with E-state index in [1.165, 1.54) is 36.7 Å². The van der Waals surface area contributed by atoms with E-state index in [-0.39, 0.29) is 5.43 Å². The number of pyridine rings is 2. The van der Waals surface area contributed by atoms with Gasteiger partial charge in [-0.2, -0.15) is 0 Å². The van der Waals surface area contributed by atoms with E-state index in [2.05, 4.69) is 15.3 Å². The Bertz CT molecular complexity index is 1960. The molecule has 0 radical (unpaired) electrons. The van der Waals surface area contributed by atoms with Gasteiger partial charge >= 0.3 is 0 Å². The standard InChI is InChI=1S/C32H25F2N5O2/c1-19(26-15-21-8-9-24(34)16-27(21)38-30(26)22-4-3-5-23(33)14-22)37-31-29-28(40)12-13-39(32(29)36-18-35-31)17-20-6-10-25(41-2)11-7-20/h3-16,18-19H,17H2,1-2H3,(H,35,36,37). The first-order chi connectivity index (χ1) is 19.9. The van der Waals surface area contributed by atoms with Gasteiger partial charge in [-0.1, -0.05) is 24.3 Å². The number of nitrogens with one attached hydrogen (secondary N) is 1. The Morgan fingerprint density at radius 1 is 0.951 bits per heavy atom. The number of halogens is 2. The van der Waals surface area contributed by atoms with E-state index in [0.29, 0.717) is 40.2 Å². The second-order valence-corrected chi connectivity index (χ2v) is 9.72. The van der Waals surface area contributed by atoms with Crippen LogP contribution in [0.2, 0.25) is 0 Å².